The van der Waals surface area contributed by atoms with Crippen molar-refractivity contribution in [3.05, 3.63) is 36.0 Å². The van der Waals surface area contributed by atoms with E-state index in [4.69, 9.17) is 9.26 Å². The predicted octanol–water partition coefficient (Wildman–Crippen LogP) is 2.86. The van der Waals surface area contributed by atoms with Crippen LogP contribution in [0.5, 0.6) is 0 Å². The Hall–Kier alpha value is -2.67. The van der Waals surface area contributed by atoms with Crippen LogP contribution in [0.25, 0.3) is 11.1 Å². The minimum atomic E-state index is -0.157. The lowest BCUT2D eigenvalue weighted by atomic mass is 9.95. The van der Waals surface area contributed by atoms with E-state index >= 15 is 0 Å². The van der Waals surface area contributed by atoms with Crippen molar-refractivity contribution < 1.29 is 18.8 Å². The fraction of sp³-hybridized carbons (Fsp3) is 0.450. The topological polar surface area (TPSA) is 84.7 Å². The molecule has 0 spiro atoms. The Morgan fingerprint density at radius 1 is 1.26 bits per heavy atom. The van der Waals surface area contributed by atoms with Crippen LogP contribution in [0.4, 0.5) is 5.88 Å². The first kappa shape index (κ1) is 19.1. The summed E-state index contributed by atoms with van der Waals surface area (Å²) in [5.41, 5.74) is 2.48. The summed E-state index contributed by atoms with van der Waals surface area (Å²) in [7, 11) is 0. The van der Waals surface area contributed by atoms with Gasteiger partial charge in [-0.15, -0.1) is 0 Å². The molecule has 144 valence electrons. The van der Waals surface area contributed by atoms with Gasteiger partial charge in [-0.25, -0.2) is 0 Å². The standard InChI is InChI=1S/C20H25N3O4/c1-3-26-13-17(24)23-11-9-16(10-12-23)19(25)21-20-18(14(2)22-27-20)15-7-5-4-6-8-15/h4-8,16H,3,9-13H2,1-2H3,(H,21,25). The number of anilines is 1. The highest BCUT2D eigenvalue weighted by Crippen LogP contribution is 2.32. The van der Waals surface area contributed by atoms with Crippen molar-refractivity contribution in [2.24, 2.45) is 5.92 Å². The number of amides is 2. The number of benzene rings is 1. The van der Waals surface area contributed by atoms with Crippen LogP contribution in [0.1, 0.15) is 25.5 Å². The number of rotatable bonds is 6. The van der Waals surface area contributed by atoms with Gasteiger partial charge in [0, 0.05) is 25.6 Å². The molecule has 3 rings (SSSR count). The third-order valence-electron chi connectivity index (χ3n) is 4.81. The number of ether oxygens (including phenoxy) is 1. The van der Waals surface area contributed by atoms with Gasteiger partial charge in [-0.1, -0.05) is 35.5 Å². The average Bonchev–Trinajstić information content (AvgIpc) is 3.06. The summed E-state index contributed by atoms with van der Waals surface area (Å²) >= 11 is 0. The molecule has 1 aromatic heterocycles. The van der Waals surface area contributed by atoms with Crippen LogP contribution < -0.4 is 5.32 Å². The Balaban J connectivity index is 1.60. The highest BCUT2D eigenvalue weighted by molar-refractivity contribution is 5.95. The number of hydrogen-bond donors (Lipinski definition) is 1. The number of hydrogen-bond acceptors (Lipinski definition) is 5. The zero-order chi connectivity index (χ0) is 19.2. The molecule has 0 unspecified atom stereocenters. The van der Waals surface area contributed by atoms with Crippen LogP contribution in [0.15, 0.2) is 34.9 Å². The van der Waals surface area contributed by atoms with Crippen molar-refractivity contribution in [3.63, 3.8) is 0 Å². The van der Waals surface area contributed by atoms with Gasteiger partial charge < -0.3 is 14.2 Å². The lowest BCUT2D eigenvalue weighted by Crippen LogP contribution is -2.42. The predicted molar refractivity (Wildman–Crippen MR) is 101 cm³/mol. The first-order valence-electron chi connectivity index (χ1n) is 9.28. The lowest BCUT2D eigenvalue weighted by Gasteiger charge is -2.31. The lowest BCUT2D eigenvalue weighted by molar-refractivity contribution is -0.138. The summed E-state index contributed by atoms with van der Waals surface area (Å²) in [6.45, 7) is 5.45. The molecule has 7 nitrogen and oxygen atoms in total. The number of aromatic nitrogens is 1. The van der Waals surface area contributed by atoms with Crippen LogP contribution in [0.3, 0.4) is 0 Å². The van der Waals surface area contributed by atoms with Gasteiger partial charge in [0.15, 0.2) is 0 Å². The van der Waals surface area contributed by atoms with E-state index in [-0.39, 0.29) is 24.3 Å². The Kier molecular flexibility index (Phi) is 6.24. The van der Waals surface area contributed by atoms with E-state index < -0.39 is 0 Å². The summed E-state index contributed by atoms with van der Waals surface area (Å²) < 4.78 is 10.5. The van der Waals surface area contributed by atoms with Gasteiger partial charge in [0.2, 0.25) is 17.7 Å². The molecule has 2 aromatic rings. The summed E-state index contributed by atoms with van der Waals surface area (Å²) in [4.78, 5) is 26.4. The molecule has 1 aliphatic heterocycles. The fourth-order valence-electron chi connectivity index (χ4n) is 3.29. The maximum absolute atomic E-state index is 12.7. The third kappa shape index (κ3) is 4.54. The summed E-state index contributed by atoms with van der Waals surface area (Å²) in [5, 5.41) is 6.88. The second-order valence-corrected chi connectivity index (χ2v) is 6.62. The molecule has 1 saturated heterocycles. The highest BCUT2D eigenvalue weighted by Gasteiger charge is 2.28. The van der Waals surface area contributed by atoms with Gasteiger partial charge in [0.25, 0.3) is 0 Å². The Labute approximate surface area is 158 Å². The van der Waals surface area contributed by atoms with Crippen molar-refractivity contribution in [3.8, 4) is 11.1 Å². The van der Waals surface area contributed by atoms with Gasteiger partial charge in [-0.05, 0) is 32.3 Å². The number of nitrogens with one attached hydrogen (secondary N) is 1. The quantitative estimate of drug-likeness (QED) is 0.844. The maximum atomic E-state index is 12.7. The maximum Gasteiger partial charge on any atom is 0.248 e. The van der Waals surface area contributed by atoms with Gasteiger partial charge in [-0.3, -0.25) is 14.9 Å². The van der Waals surface area contributed by atoms with E-state index in [2.05, 4.69) is 10.5 Å². The number of likely N-dealkylation sites (tertiary alicyclic amines) is 1. The molecule has 0 aliphatic carbocycles. The molecular formula is C20H25N3O4. The van der Waals surface area contributed by atoms with Crippen molar-refractivity contribution in [1.29, 1.82) is 0 Å². The van der Waals surface area contributed by atoms with E-state index in [1.807, 2.05) is 44.2 Å². The smallest absolute Gasteiger partial charge is 0.248 e. The van der Waals surface area contributed by atoms with Gasteiger partial charge in [0.05, 0.1) is 11.3 Å². The van der Waals surface area contributed by atoms with Crippen molar-refractivity contribution >= 4 is 17.7 Å². The molecule has 0 atom stereocenters. The van der Waals surface area contributed by atoms with Gasteiger partial charge in [-0.2, -0.15) is 0 Å². The van der Waals surface area contributed by atoms with Crippen LogP contribution in [-0.4, -0.2) is 48.2 Å². The van der Waals surface area contributed by atoms with E-state index in [1.54, 1.807) is 4.90 Å². The number of nitrogens with zero attached hydrogens (tertiary/aromatic N) is 2. The third-order valence-corrected chi connectivity index (χ3v) is 4.81. The average molecular weight is 371 g/mol. The first-order chi connectivity index (χ1) is 13.1. The molecule has 1 fully saturated rings. The largest absolute Gasteiger partial charge is 0.372 e. The molecular weight excluding hydrogens is 346 g/mol. The van der Waals surface area contributed by atoms with Crippen molar-refractivity contribution in [1.82, 2.24) is 10.1 Å². The number of carbonyl (C=O) groups is 2. The van der Waals surface area contributed by atoms with E-state index in [9.17, 15) is 9.59 Å². The zero-order valence-electron chi connectivity index (χ0n) is 15.7. The van der Waals surface area contributed by atoms with E-state index in [1.165, 1.54) is 0 Å². The van der Waals surface area contributed by atoms with Crippen LogP contribution >= 0.6 is 0 Å². The highest BCUT2D eigenvalue weighted by atomic mass is 16.5. The van der Waals surface area contributed by atoms with Crippen LogP contribution in [0.2, 0.25) is 0 Å². The molecule has 1 aromatic carbocycles. The summed E-state index contributed by atoms with van der Waals surface area (Å²) in [6.07, 6.45) is 1.25. The Morgan fingerprint density at radius 2 is 1.96 bits per heavy atom. The molecule has 0 bridgehead atoms. The molecule has 27 heavy (non-hydrogen) atoms. The monoisotopic (exact) mass is 371 g/mol. The van der Waals surface area contributed by atoms with Crippen molar-refractivity contribution in [2.75, 3.05) is 31.6 Å². The minimum Gasteiger partial charge on any atom is -0.372 e. The number of piperidine rings is 1. The fourth-order valence-corrected chi connectivity index (χ4v) is 3.29. The molecule has 0 saturated carbocycles. The van der Waals surface area contributed by atoms with Gasteiger partial charge >= 0.3 is 0 Å². The summed E-state index contributed by atoms with van der Waals surface area (Å²) in [6, 6.07) is 9.71. The molecule has 7 heteroatoms. The molecule has 2 amide bonds. The molecule has 0 radical (unpaired) electrons. The Bertz CT molecular complexity index is 780. The minimum absolute atomic E-state index is 0.0204. The first-order valence-corrected chi connectivity index (χ1v) is 9.28. The normalized spacial score (nSPS) is 15.0. The second-order valence-electron chi connectivity index (χ2n) is 6.62. The molecule has 2 heterocycles. The SMILES string of the molecule is CCOCC(=O)N1CCC(C(=O)Nc2onc(C)c2-c2ccccc2)CC1. The van der Waals surface area contributed by atoms with Gasteiger partial charge in [0.1, 0.15) is 6.61 Å². The molecule has 1 aliphatic rings. The summed E-state index contributed by atoms with van der Waals surface area (Å²) in [5.74, 6) is 0.0990. The van der Waals surface area contributed by atoms with E-state index in [0.29, 0.717) is 38.4 Å². The second kappa shape index (κ2) is 8.81. The number of aryl methyl sites for hydroxylation is 1. The van der Waals surface area contributed by atoms with Crippen molar-refractivity contribution in [2.45, 2.75) is 26.7 Å². The van der Waals surface area contributed by atoms with Crippen LogP contribution in [0, 0.1) is 12.8 Å². The van der Waals surface area contributed by atoms with E-state index in [0.717, 1.165) is 16.8 Å². The Morgan fingerprint density at radius 3 is 2.63 bits per heavy atom. The van der Waals surface area contributed by atoms with Crippen LogP contribution in [-0.2, 0) is 14.3 Å². The zero-order valence-corrected chi connectivity index (χ0v) is 15.7. The number of carbonyl (C=O) groups excluding carboxylic acids is 2. The molecule has 1 N–H and O–H groups in total.